The number of ether oxygens (including phenoxy) is 1. The van der Waals surface area contributed by atoms with Crippen molar-refractivity contribution in [3.05, 3.63) is 54.1 Å². The Bertz CT molecular complexity index is 1190. The molecule has 2 amide bonds. The van der Waals surface area contributed by atoms with Crippen molar-refractivity contribution in [1.82, 2.24) is 14.5 Å². The summed E-state index contributed by atoms with van der Waals surface area (Å²) in [5.74, 6) is -1.37. The minimum atomic E-state index is -4.92. The molecule has 9 nitrogen and oxygen atoms in total. The van der Waals surface area contributed by atoms with Gasteiger partial charge in [-0.05, 0) is 54.8 Å². The molecule has 1 aliphatic heterocycles. The topological polar surface area (TPSA) is 116 Å². The lowest BCUT2D eigenvalue weighted by molar-refractivity contribution is -0.274. The van der Waals surface area contributed by atoms with Crippen molar-refractivity contribution >= 4 is 21.8 Å². The number of phenols is 1. The minimum absolute atomic E-state index is 0.0606. The van der Waals surface area contributed by atoms with Gasteiger partial charge >= 0.3 is 6.36 Å². The number of piperazine rings is 1. The Hall–Kier alpha value is -3.32. The molecule has 2 aromatic carbocycles. The summed E-state index contributed by atoms with van der Waals surface area (Å²) >= 11 is 0. The highest BCUT2D eigenvalue weighted by atomic mass is 32.2. The van der Waals surface area contributed by atoms with E-state index in [9.17, 15) is 36.3 Å². The van der Waals surface area contributed by atoms with Crippen LogP contribution in [-0.4, -0.2) is 73.1 Å². The number of aromatic hydroxyl groups is 1. The van der Waals surface area contributed by atoms with Crippen molar-refractivity contribution in [2.45, 2.75) is 37.1 Å². The van der Waals surface area contributed by atoms with Crippen LogP contribution in [0.4, 0.5) is 13.2 Å². The number of phenolic OH excluding ortho intramolecular Hbond substituents is 1. The summed E-state index contributed by atoms with van der Waals surface area (Å²) in [4.78, 5) is 25.9. The second-order valence-corrected chi connectivity index (χ2v) is 10.1. The Labute approximate surface area is 206 Å². The first-order valence-electron chi connectivity index (χ1n) is 11.1. The molecule has 1 aliphatic rings. The second-order valence-electron chi connectivity index (χ2n) is 8.18. The summed E-state index contributed by atoms with van der Waals surface area (Å²) in [6.07, 6.45) is -3.84. The molecule has 2 N–H and O–H groups in total. The van der Waals surface area contributed by atoms with Gasteiger partial charge in [0.15, 0.2) is 0 Å². The zero-order valence-corrected chi connectivity index (χ0v) is 20.2. The van der Waals surface area contributed by atoms with Gasteiger partial charge in [-0.25, -0.2) is 8.42 Å². The SMILES string of the molecule is CC(=O)N1CCN(S(=O)(=O)c2ccc(OC(F)(F)F)cc2)[C@@H](C(=O)NCCCc2cccc(O)c2)C1. The number of aryl methyl sites for hydroxylation is 1. The van der Waals surface area contributed by atoms with Crippen molar-refractivity contribution in [2.75, 3.05) is 26.2 Å². The fraction of sp³-hybridized carbons (Fsp3) is 0.391. The molecule has 36 heavy (non-hydrogen) atoms. The number of amides is 2. The van der Waals surface area contributed by atoms with Crippen LogP contribution in [0.5, 0.6) is 11.5 Å². The lowest BCUT2D eigenvalue weighted by Gasteiger charge is -2.39. The summed E-state index contributed by atoms with van der Waals surface area (Å²) in [5, 5.41) is 12.2. The molecule has 0 unspecified atom stereocenters. The molecule has 0 aromatic heterocycles. The predicted octanol–water partition coefficient (Wildman–Crippen LogP) is 2.26. The molecule has 1 fully saturated rings. The number of carbonyl (C=O) groups is 2. The van der Waals surface area contributed by atoms with E-state index in [1.807, 2.05) is 6.07 Å². The van der Waals surface area contributed by atoms with E-state index in [1.165, 1.54) is 11.8 Å². The molecular weight excluding hydrogens is 503 g/mol. The molecule has 1 atom stereocenters. The van der Waals surface area contributed by atoms with E-state index in [2.05, 4.69) is 10.1 Å². The largest absolute Gasteiger partial charge is 0.573 e. The number of nitrogens with zero attached hydrogens (tertiary/aromatic N) is 2. The molecule has 0 saturated carbocycles. The summed E-state index contributed by atoms with van der Waals surface area (Å²) in [6.45, 7) is 1.27. The van der Waals surface area contributed by atoms with Crippen LogP contribution in [-0.2, 0) is 26.0 Å². The first-order valence-corrected chi connectivity index (χ1v) is 12.5. The van der Waals surface area contributed by atoms with Crippen molar-refractivity contribution in [3.63, 3.8) is 0 Å². The Morgan fingerprint density at radius 3 is 2.44 bits per heavy atom. The van der Waals surface area contributed by atoms with Crippen LogP contribution in [0.25, 0.3) is 0 Å². The average Bonchev–Trinajstić information content (AvgIpc) is 2.80. The van der Waals surface area contributed by atoms with E-state index in [0.29, 0.717) is 12.8 Å². The monoisotopic (exact) mass is 529 g/mol. The Morgan fingerprint density at radius 2 is 1.83 bits per heavy atom. The maximum absolute atomic E-state index is 13.3. The predicted molar refractivity (Wildman–Crippen MR) is 122 cm³/mol. The summed E-state index contributed by atoms with van der Waals surface area (Å²) in [5.41, 5.74) is 0.867. The number of rotatable bonds is 8. The Balaban J connectivity index is 1.72. The summed E-state index contributed by atoms with van der Waals surface area (Å²) in [7, 11) is -4.27. The highest BCUT2D eigenvalue weighted by Crippen LogP contribution is 2.27. The van der Waals surface area contributed by atoms with Crippen LogP contribution in [0, 0.1) is 0 Å². The lowest BCUT2D eigenvalue weighted by Crippen LogP contribution is -2.61. The van der Waals surface area contributed by atoms with Gasteiger partial charge in [0.1, 0.15) is 17.5 Å². The van der Waals surface area contributed by atoms with E-state index < -0.39 is 34.1 Å². The zero-order chi connectivity index (χ0) is 26.5. The maximum Gasteiger partial charge on any atom is 0.573 e. The van der Waals surface area contributed by atoms with Crippen molar-refractivity contribution in [1.29, 1.82) is 0 Å². The number of halogens is 3. The molecule has 0 spiro atoms. The van der Waals surface area contributed by atoms with Crippen LogP contribution in [0.2, 0.25) is 0 Å². The van der Waals surface area contributed by atoms with Gasteiger partial charge in [-0.15, -0.1) is 13.2 Å². The third-order valence-electron chi connectivity index (χ3n) is 5.60. The number of hydrogen-bond acceptors (Lipinski definition) is 6. The first kappa shape index (κ1) is 27.3. The summed E-state index contributed by atoms with van der Waals surface area (Å²) in [6, 6.07) is 9.15. The fourth-order valence-electron chi connectivity index (χ4n) is 3.84. The zero-order valence-electron chi connectivity index (χ0n) is 19.4. The molecule has 13 heteroatoms. The van der Waals surface area contributed by atoms with Crippen LogP contribution in [0.3, 0.4) is 0 Å². The van der Waals surface area contributed by atoms with E-state index in [4.69, 9.17) is 0 Å². The van der Waals surface area contributed by atoms with Gasteiger partial charge in [-0.1, -0.05) is 12.1 Å². The molecule has 0 bridgehead atoms. The Kier molecular flexibility index (Phi) is 8.46. The van der Waals surface area contributed by atoms with E-state index in [0.717, 1.165) is 34.1 Å². The maximum atomic E-state index is 13.3. The van der Waals surface area contributed by atoms with Crippen LogP contribution in [0.15, 0.2) is 53.4 Å². The quantitative estimate of drug-likeness (QED) is 0.507. The second kappa shape index (κ2) is 11.2. The first-order chi connectivity index (χ1) is 16.9. The van der Waals surface area contributed by atoms with E-state index in [-0.39, 0.29) is 42.7 Å². The molecule has 2 aromatic rings. The standard InChI is InChI=1S/C23H26F3N3O6S/c1-16(30)28-12-13-29(36(33,34)20-9-7-19(8-10-20)35-23(24,25)26)21(15-28)22(32)27-11-3-5-17-4-2-6-18(31)14-17/h2,4,6-10,14,21,31H,3,5,11-13,15H2,1H3,(H,27,32)/t21-/m1/s1. The highest BCUT2D eigenvalue weighted by molar-refractivity contribution is 7.89. The van der Waals surface area contributed by atoms with E-state index >= 15 is 0 Å². The molecule has 1 heterocycles. The van der Waals surface area contributed by atoms with Gasteiger partial charge in [-0.3, -0.25) is 9.59 Å². The van der Waals surface area contributed by atoms with Crippen molar-refractivity contribution < 1.29 is 41.0 Å². The molecule has 0 aliphatic carbocycles. The number of alkyl halides is 3. The van der Waals surface area contributed by atoms with E-state index in [1.54, 1.807) is 18.2 Å². The third kappa shape index (κ3) is 7.10. The Morgan fingerprint density at radius 1 is 1.14 bits per heavy atom. The number of nitrogens with one attached hydrogen (secondary N) is 1. The smallest absolute Gasteiger partial charge is 0.508 e. The molecule has 0 radical (unpaired) electrons. The lowest BCUT2D eigenvalue weighted by atomic mass is 10.1. The average molecular weight is 530 g/mol. The van der Waals surface area contributed by atoms with Crippen molar-refractivity contribution in [2.24, 2.45) is 0 Å². The van der Waals surface area contributed by atoms with Crippen LogP contribution < -0.4 is 10.1 Å². The molecule has 1 saturated heterocycles. The van der Waals surface area contributed by atoms with Gasteiger partial charge in [0, 0.05) is 33.1 Å². The minimum Gasteiger partial charge on any atom is -0.508 e. The third-order valence-corrected chi connectivity index (χ3v) is 7.52. The normalized spacial score (nSPS) is 17.0. The number of sulfonamides is 1. The highest BCUT2D eigenvalue weighted by Gasteiger charge is 2.41. The number of hydrogen-bond donors (Lipinski definition) is 2. The van der Waals surface area contributed by atoms with Gasteiger partial charge in [0.25, 0.3) is 0 Å². The van der Waals surface area contributed by atoms with Crippen LogP contribution >= 0.6 is 0 Å². The number of carbonyl (C=O) groups excluding carboxylic acids is 2. The van der Waals surface area contributed by atoms with Gasteiger partial charge in [-0.2, -0.15) is 4.31 Å². The fourth-order valence-corrected chi connectivity index (χ4v) is 5.41. The number of benzene rings is 2. The molecular formula is C23H26F3N3O6S. The summed E-state index contributed by atoms with van der Waals surface area (Å²) < 4.78 is 68.5. The molecule has 196 valence electrons. The van der Waals surface area contributed by atoms with Gasteiger partial charge in [0.05, 0.1) is 4.90 Å². The van der Waals surface area contributed by atoms with Crippen molar-refractivity contribution in [3.8, 4) is 11.5 Å². The van der Waals surface area contributed by atoms with Gasteiger partial charge < -0.3 is 20.1 Å². The molecule has 3 rings (SSSR count). The van der Waals surface area contributed by atoms with Crippen LogP contribution in [0.1, 0.15) is 18.9 Å². The van der Waals surface area contributed by atoms with Gasteiger partial charge in [0.2, 0.25) is 21.8 Å².